The Hall–Kier alpha value is -1.19. The lowest BCUT2D eigenvalue weighted by Crippen LogP contribution is -2.28. The number of ether oxygens (including phenoxy) is 1. The van der Waals surface area contributed by atoms with Gasteiger partial charge in [-0.25, -0.2) is 0 Å². The van der Waals surface area contributed by atoms with Gasteiger partial charge in [0, 0.05) is 6.42 Å². The maximum absolute atomic E-state index is 11.2. The number of hydrogen-bond donors (Lipinski definition) is 0. The molecule has 4 heteroatoms. The van der Waals surface area contributed by atoms with E-state index in [0.717, 1.165) is 0 Å². The van der Waals surface area contributed by atoms with Crippen molar-refractivity contribution in [3.05, 3.63) is 0 Å². The van der Waals surface area contributed by atoms with Gasteiger partial charge in [-0.15, -0.1) is 0 Å². The number of esters is 1. The number of Topliss-reactive ketones (excluding diaryl/α,β-unsaturated/α-hetero) is 2. The highest BCUT2D eigenvalue weighted by Gasteiger charge is 2.24. The summed E-state index contributed by atoms with van der Waals surface area (Å²) >= 11 is 0. The van der Waals surface area contributed by atoms with Gasteiger partial charge >= 0.3 is 5.97 Å². The van der Waals surface area contributed by atoms with Crippen molar-refractivity contribution in [2.24, 2.45) is 5.41 Å². The van der Waals surface area contributed by atoms with Gasteiger partial charge in [-0.05, 0) is 20.8 Å². The fourth-order valence-corrected chi connectivity index (χ4v) is 0.625. The van der Waals surface area contributed by atoms with E-state index in [1.165, 1.54) is 0 Å². The monoisotopic (exact) mass is 200 g/mol. The molecule has 0 fully saturated rings. The molecule has 14 heavy (non-hydrogen) atoms. The van der Waals surface area contributed by atoms with Crippen LogP contribution in [0.5, 0.6) is 0 Å². The molecule has 4 nitrogen and oxygen atoms in total. The van der Waals surface area contributed by atoms with Crippen LogP contribution in [0.1, 0.15) is 34.1 Å². The number of ketones is 2. The van der Waals surface area contributed by atoms with Gasteiger partial charge in [0.05, 0.1) is 5.41 Å². The Labute approximate surface area is 83.6 Å². The summed E-state index contributed by atoms with van der Waals surface area (Å²) in [7, 11) is 0. The molecule has 0 aliphatic carbocycles. The maximum Gasteiger partial charge on any atom is 0.311 e. The summed E-state index contributed by atoms with van der Waals surface area (Å²) < 4.78 is 4.68. The summed E-state index contributed by atoms with van der Waals surface area (Å²) in [6.07, 6.45) is 0.145. The van der Waals surface area contributed by atoms with E-state index in [1.807, 2.05) is 0 Å². The van der Waals surface area contributed by atoms with Crippen LogP contribution in [0.25, 0.3) is 0 Å². The average Bonchev–Trinajstić information content (AvgIpc) is 2.10. The molecular weight excluding hydrogens is 184 g/mol. The summed E-state index contributed by atoms with van der Waals surface area (Å²) in [5, 5.41) is 0. The third-order valence-electron chi connectivity index (χ3n) is 1.58. The molecule has 0 N–H and O–H groups in total. The first kappa shape index (κ1) is 12.8. The van der Waals surface area contributed by atoms with E-state index in [4.69, 9.17) is 0 Å². The molecule has 0 unspecified atom stereocenters. The van der Waals surface area contributed by atoms with E-state index < -0.39 is 29.6 Å². The number of carbonyl (C=O) groups is 3. The Morgan fingerprint density at radius 3 is 1.93 bits per heavy atom. The molecule has 0 bridgehead atoms. The highest BCUT2D eigenvalue weighted by molar-refractivity contribution is 6.37. The number of carbonyl (C=O) groups excluding carboxylic acids is 3. The molecule has 0 aliphatic heterocycles. The van der Waals surface area contributed by atoms with Crippen LogP contribution in [-0.2, 0) is 19.1 Å². The van der Waals surface area contributed by atoms with E-state index in [0.29, 0.717) is 0 Å². The molecule has 0 rings (SSSR count). The van der Waals surface area contributed by atoms with Crippen LogP contribution < -0.4 is 0 Å². The van der Waals surface area contributed by atoms with Crippen molar-refractivity contribution in [1.29, 1.82) is 0 Å². The van der Waals surface area contributed by atoms with Crippen LogP contribution in [0.2, 0.25) is 0 Å². The molecular formula is C10H16O4. The van der Waals surface area contributed by atoms with Crippen LogP contribution in [0.4, 0.5) is 0 Å². The van der Waals surface area contributed by atoms with Gasteiger partial charge in [-0.2, -0.15) is 0 Å². The third-order valence-corrected chi connectivity index (χ3v) is 1.58. The minimum absolute atomic E-state index is 0.145. The lowest BCUT2D eigenvalue weighted by Gasteiger charge is -2.15. The molecule has 0 radical (unpaired) electrons. The minimum Gasteiger partial charge on any atom is -0.457 e. The first-order valence-corrected chi connectivity index (χ1v) is 4.52. The topological polar surface area (TPSA) is 60.4 Å². The van der Waals surface area contributed by atoms with Crippen LogP contribution in [0, 0.1) is 5.41 Å². The van der Waals surface area contributed by atoms with Crippen molar-refractivity contribution in [3.63, 3.8) is 0 Å². The van der Waals surface area contributed by atoms with E-state index in [-0.39, 0.29) is 6.42 Å². The Morgan fingerprint density at radius 2 is 1.57 bits per heavy atom. The molecule has 0 spiro atoms. The van der Waals surface area contributed by atoms with Crippen LogP contribution in [-0.4, -0.2) is 24.1 Å². The second-order valence-electron chi connectivity index (χ2n) is 4.03. The summed E-state index contributed by atoms with van der Waals surface area (Å²) in [5.41, 5.74) is -0.643. The Morgan fingerprint density at radius 1 is 1.07 bits per heavy atom. The van der Waals surface area contributed by atoms with E-state index in [2.05, 4.69) is 4.74 Å². The van der Waals surface area contributed by atoms with Gasteiger partial charge in [-0.1, -0.05) is 6.92 Å². The highest BCUT2D eigenvalue weighted by Crippen LogP contribution is 2.14. The molecule has 0 aromatic rings. The quantitative estimate of drug-likeness (QED) is 0.504. The molecule has 80 valence electrons. The van der Waals surface area contributed by atoms with Crippen LogP contribution >= 0.6 is 0 Å². The van der Waals surface area contributed by atoms with Gasteiger partial charge < -0.3 is 4.74 Å². The zero-order valence-electron chi connectivity index (χ0n) is 9.05. The largest absolute Gasteiger partial charge is 0.457 e. The molecule has 0 atom stereocenters. The van der Waals surface area contributed by atoms with Gasteiger partial charge in [0.25, 0.3) is 0 Å². The SMILES string of the molecule is CCC(=O)C(=O)COC(=O)C(C)(C)C. The highest BCUT2D eigenvalue weighted by atomic mass is 16.5. The predicted octanol–water partition coefficient (Wildman–Crippen LogP) is 1.12. The summed E-state index contributed by atoms with van der Waals surface area (Å²) in [6.45, 7) is 6.19. The van der Waals surface area contributed by atoms with Crippen molar-refractivity contribution in [1.82, 2.24) is 0 Å². The Balaban J connectivity index is 4.03. The zero-order valence-corrected chi connectivity index (χ0v) is 9.05. The second kappa shape index (κ2) is 4.88. The van der Waals surface area contributed by atoms with E-state index in [1.54, 1.807) is 27.7 Å². The fraction of sp³-hybridized carbons (Fsp3) is 0.700. The molecule has 0 aromatic carbocycles. The minimum atomic E-state index is -0.648. The zero-order chi connectivity index (χ0) is 11.4. The summed E-state index contributed by atoms with van der Waals surface area (Å²) in [5.74, 6) is -1.63. The first-order valence-electron chi connectivity index (χ1n) is 4.52. The van der Waals surface area contributed by atoms with Gasteiger partial charge in [0.2, 0.25) is 11.6 Å². The van der Waals surface area contributed by atoms with Crippen molar-refractivity contribution >= 4 is 17.5 Å². The lowest BCUT2D eigenvalue weighted by atomic mass is 9.97. The van der Waals surface area contributed by atoms with Gasteiger partial charge in [-0.3, -0.25) is 14.4 Å². The van der Waals surface area contributed by atoms with Crippen molar-refractivity contribution < 1.29 is 19.1 Å². The Kier molecular flexibility index (Phi) is 4.47. The van der Waals surface area contributed by atoms with Crippen molar-refractivity contribution in [2.75, 3.05) is 6.61 Å². The van der Waals surface area contributed by atoms with E-state index in [9.17, 15) is 14.4 Å². The predicted molar refractivity (Wildman–Crippen MR) is 50.7 cm³/mol. The number of rotatable bonds is 4. The van der Waals surface area contributed by atoms with Gasteiger partial charge in [0.1, 0.15) is 0 Å². The Bertz CT molecular complexity index is 247. The number of hydrogen-bond acceptors (Lipinski definition) is 4. The average molecular weight is 200 g/mol. The van der Waals surface area contributed by atoms with E-state index >= 15 is 0 Å². The normalized spacial score (nSPS) is 10.9. The van der Waals surface area contributed by atoms with Crippen molar-refractivity contribution in [2.45, 2.75) is 34.1 Å². The molecule has 0 aliphatic rings. The molecule has 0 saturated heterocycles. The molecule has 0 amide bonds. The standard InChI is InChI=1S/C10H16O4/c1-5-7(11)8(12)6-14-9(13)10(2,3)4/h5-6H2,1-4H3. The van der Waals surface area contributed by atoms with Crippen LogP contribution in [0.15, 0.2) is 0 Å². The maximum atomic E-state index is 11.2. The molecule has 0 saturated carbocycles. The summed E-state index contributed by atoms with van der Waals surface area (Å²) in [4.78, 5) is 33.0. The summed E-state index contributed by atoms with van der Waals surface area (Å²) in [6, 6.07) is 0. The lowest BCUT2D eigenvalue weighted by molar-refractivity contribution is -0.157. The third kappa shape index (κ3) is 4.16. The second-order valence-corrected chi connectivity index (χ2v) is 4.03. The first-order chi connectivity index (χ1) is 6.29. The van der Waals surface area contributed by atoms with Crippen LogP contribution in [0.3, 0.4) is 0 Å². The smallest absolute Gasteiger partial charge is 0.311 e. The molecule has 0 aromatic heterocycles. The van der Waals surface area contributed by atoms with Gasteiger partial charge in [0.15, 0.2) is 6.61 Å². The molecule has 0 heterocycles. The fourth-order valence-electron chi connectivity index (χ4n) is 0.625. The van der Waals surface area contributed by atoms with Crippen molar-refractivity contribution in [3.8, 4) is 0 Å².